The Balaban J connectivity index is 2.65. The SMILES string of the molecule is CCCCOC(=O)COc1ccc(C(=O)O)cc1OCC. The largest absolute Gasteiger partial charge is 0.490 e. The lowest BCUT2D eigenvalue weighted by Crippen LogP contribution is -2.16. The summed E-state index contributed by atoms with van der Waals surface area (Å²) in [5, 5.41) is 8.94. The molecule has 6 heteroatoms. The first-order valence-electron chi connectivity index (χ1n) is 6.87. The summed E-state index contributed by atoms with van der Waals surface area (Å²) in [5.74, 6) is -0.914. The number of aromatic carboxylic acids is 1. The van der Waals surface area contributed by atoms with E-state index in [1.807, 2.05) is 6.92 Å². The molecule has 21 heavy (non-hydrogen) atoms. The van der Waals surface area contributed by atoms with Crippen LogP contribution in [0.2, 0.25) is 0 Å². The van der Waals surface area contributed by atoms with Crippen molar-refractivity contribution in [2.75, 3.05) is 19.8 Å². The summed E-state index contributed by atoms with van der Waals surface area (Å²) in [5.41, 5.74) is 0.0938. The molecule has 0 aliphatic carbocycles. The minimum Gasteiger partial charge on any atom is -0.490 e. The fourth-order valence-corrected chi connectivity index (χ4v) is 1.54. The van der Waals surface area contributed by atoms with Crippen molar-refractivity contribution >= 4 is 11.9 Å². The highest BCUT2D eigenvalue weighted by molar-refractivity contribution is 5.88. The van der Waals surface area contributed by atoms with Gasteiger partial charge in [-0.05, 0) is 31.5 Å². The minimum absolute atomic E-state index is 0.0938. The molecule has 0 aromatic heterocycles. The van der Waals surface area contributed by atoms with E-state index in [2.05, 4.69) is 0 Å². The number of rotatable bonds is 9. The van der Waals surface area contributed by atoms with Gasteiger partial charge in [-0.2, -0.15) is 0 Å². The highest BCUT2D eigenvalue weighted by atomic mass is 16.6. The Hall–Kier alpha value is -2.24. The van der Waals surface area contributed by atoms with Gasteiger partial charge in [0, 0.05) is 0 Å². The molecule has 0 spiro atoms. The first-order chi connectivity index (χ1) is 10.1. The Morgan fingerprint density at radius 1 is 1.14 bits per heavy atom. The summed E-state index contributed by atoms with van der Waals surface area (Å²) in [6.45, 7) is 4.27. The van der Waals surface area contributed by atoms with Crippen LogP contribution in [0.15, 0.2) is 18.2 Å². The van der Waals surface area contributed by atoms with Crippen molar-refractivity contribution in [3.8, 4) is 11.5 Å². The Bertz CT molecular complexity index is 483. The van der Waals surface area contributed by atoms with Gasteiger partial charge < -0.3 is 19.3 Å². The molecule has 0 saturated heterocycles. The molecule has 1 N–H and O–H groups in total. The van der Waals surface area contributed by atoms with Crippen molar-refractivity contribution in [3.63, 3.8) is 0 Å². The normalized spacial score (nSPS) is 10.0. The van der Waals surface area contributed by atoms with Gasteiger partial charge in [0.2, 0.25) is 0 Å². The third-order valence-electron chi connectivity index (χ3n) is 2.60. The number of benzene rings is 1. The molecule has 0 radical (unpaired) electrons. The molecule has 0 bridgehead atoms. The fourth-order valence-electron chi connectivity index (χ4n) is 1.54. The quantitative estimate of drug-likeness (QED) is 0.557. The summed E-state index contributed by atoms with van der Waals surface area (Å²) in [7, 11) is 0. The second-order valence-electron chi connectivity index (χ2n) is 4.26. The van der Waals surface area contributed by atoms with E-state index >= 15 is 0 Å². The van der Waals surface area contributed by atoms with Gasteiger partial charge in [0.1, 0.15) is 0 Å². The molecule has 0 fully saturated rings. The second kappa shape index (κ2) is 8.84. The molecule has 6 nitrogen and oxygen atoms in total. The van der Waals surface area contributed by atoms with E-state index in [-0.39, 0.29) is 12.2 Å². The first kappa shape index (κ1) is 16.8. The smallest absolute Gasteiger partial charge is 0.344 e. The summed E-state index contributed by atoms with van der Waals surface area (Å²) >= 11 is 0. The number of carbonyl (C=O) groups excluding carboxylic acids is 1. The van der Waals surface area contributed by atoms with E-state index in [9.17, 15) is 9.59 Å². The maximum absolute atomic E-state index is 11.5. The molecule has 1 aromatic carbocycles. The van der Waals surface area contributed by atoms with E-state index in [1.165, 1.54) is 18.2 Å². The lowest BCUT2D eigenvalue weighted by atomic mass is 10.2. The van der Waals surface area contributed by atoms with Crippen molar-refractivity contribution < 1.29 is 28.9 Å². The number of hydrogen-bond donors (Lipinski definition) is 1. The van der Waals surface area contributed by atoms with Crippen LogP contribution in [-0.2, 0) is 9.53 Å². The molecular weight excluding hydrogens is 276 g/mol. The van der Waals surface area contributed by atoms with Crippen molar-refractivity contribution in [2.24, 2.45) is 0 Å². The second-order valence-corrected chi connectivity index (χ2v) is 4.26. The molecule has 0 aliphatic rings. The van der Waals surface area contributed by atoms with Crippen LogP contribution in [0.1, 0.15) is 37.0 Å². The van der Waals surface area contributed by atoms with Crippen LogP contribution >= 0.6 is 0 Å². The maximum Gasteiger partial charge on any atom is 0.344 e. The summed E-state index contributed by atoms with van der Waals surface area (Å²) in [6.07, 6.45) is 1.75. The molecule has 0 saturated carbocycles. The molecule has 0 atom stereocenters. The van der Waals surface area contributed by atoms with Gasteiger partial charge in [-0.15, -0.1) is 0 Å². The summed E-state index contributed by atoms with van der Waals surface area (Å²) < 4.78 is 15.6. The van der Waals surface area contributed by atoms with Crippen LogP contribution in [0.25, 0.3) is 0 Å². The first-order valence-corrected chi connectivity index (χ1v) is 6.87. The number of carboxylic acids is 1. The lowest BCUT2D eigenvalue weighted by Gasteiger charge is -2.12. The van der Waals surface area contributed by atoms with E-state index < -0.39 is 11.9 Å². The zero-order valence-electron chi connectivity index (χ0n) is 12.3. The van der Waals surface area contributed by atoms with Crippen molar-refractivity contribution in [1.29, 1.82) is 0 Å². The number of unbranched alkanes of at least 4 members (excludes halogenated alkanes) is 1. The fraction of sp³-hybridized carbons (Fsp3) is 0.467. The standard InChI is InChI=1S/C15H20O6/c1-3-5-8-20-14(16)10-21-12-7-6-11(15(17)18)9-13(12)19-4-2/h6-7,9H,3-5,8,10H2,1-2H3,(H,17,18). The molecule has 0 amide bonds. The summed E-state index contributed by atoms with van der Waals surface area (Å²) in [6, 6.07) is 4.22. The zero-order chi connectivity index (χ0) is 15.7. The third-order valence-corrected chi connectivity index (χ3v) is 2.60. The molecule has 1 rings (SSSR count). The van der Waals surface area contributed by atoms with Gasteiger partial charge in [0.15, 0.2) is 18.1 Å². The molecule has 1 aromatic rings. The van der Waals surface area contributed by atoms with Gasteiger partial charge in [-0.1, -0.05) is 13.3 Å². The average molecular weight is 296 g/mol. The van der Waals surface area contributed by atoms with E-state index in [0.717, 1.165) is 12.8 Å². The summed E-state index contributed by atoms with van der Waals surface area (Å²) in [4.78, 5) is 22.4. The highest BCUT2D eigenvalue weighted by Gasteiger charge is 2.12. The Morgan fingerprint density at radius 2 is 1.90 bits per heavy atom. The topological polar surface area (TPSA) is 82.1 Å². The zero-order valence-corrected chi connectivity index (χ0v) is 12.3. The Kier molecular flexibility index (Phi) is 7.08. The molecule has 0 unspecified atom stereocenters. The van der Waals surface area contributed by atoms with Crippen LogP contribution in [-0.4, -0.2) is 36.9 Å². The number of carboxylic acid groups (broad SMARTS) is 1. The van der Waals surface area contributed by atoms with Gasteiger partial charge in [0.25, 0.3) is 0 Å². The number of hydrogen-bond acceptors (Lipinski definition) is 5. The van der Waals surface area contributed by atoms with Crippen LogP contribution < -0.4 is 9.47 Å². The van der Waals surface area contributed by atoms with E-state index in [1.54, 1.807) is 6.92 Å². The molecule has 0 heterocycles. The van der Waals surface area contributed by atoms with Crippen LogP contribution in [0.4, 0.5) is 0 Å². The number of ether oxygens (including phenoxy) is 3. The predicted molar refractivity (Wildman–Crippen MR) is 75.9 cm³/mol. The molecule has 0 aliphatic heterocycles. The Labute approximate surface area is 123 Å². The van der Waals surface area contributed by atoms with Crippen LogP contribution in [0.5, 0.6) is 11.5 Å². The van der Waals surface area contributed by atoms with Gasteiger partial charge in [0.05, 0.1) is 18.8 Å². The molecular formula is C15H20O6. The number of esters is 1. The van der Waals surface area contributed by atoms with Gasteiger partial charge in [-0.25, -0.2) is 9.59 Å². The van der Waals surface area contributed by atoms with Crippen LogP contribution in [0.3, 0.4) is 0 Å². The average Bonchev–Trinajstić information content (AvgIpc) is 2.46. The van der Waals surface area contributed by atoms with Crippen molar-refractivity contribution in [2.45, 2.75) is 26.7 Å². The highest BCUT2D eigenvalue weighted by Crippen LogP contribution is 2.28. The third kappa shape index (κ3) is 5.72. The van der Waals surface area contributed by atoms with Gasteiger partial charge in [-0.3, -0.25) is 0 Å². The number of carbonyl (C=O) groups is 2. The van der Waals surface area contributed by atoms with E-state index in [4.69, 9.17) is 19.3 Å². The van der Waals surface area contributed by atoms with Crippen molar-refractivity contribution in [1.82, 2.24) is 0 Å². The maximum atomic E-state index is 11.5. The van der Waals surface area contributed by atoms with E-state index in [0.29, 0.717) is 24.7 Å². The Morgan fingerprint density at radius 3 is 2.52 bits per heavy atom. The predicted octanol–water partition coefficient (Wildman–Crippen LogP) is 2.51. The monoisotopic (exact) mass is 296 g/mol. The van der Waals surface area contributed by atoms with Crippen LogP contribution in [0, 0.1) is 0 Å². The lowest BCUT2D eigenvalue weighted by molar-refractivity contribution is -0.146. The van der Waals surface area contributed by atoms with Crippen molar-refractivity contribution in [3.05, 3.63) is 23.8 Å². The molecule has 116 valence electrons. The minimum atomic E-state index is -1.05. The van der Waals surface area contributed by atoms with Gasteiger partial charge >= 0.3 is 11.9 Å².